The Balaban J connectivity index is 1.21. The number of fused-ring (bicyclic) bond motifs is 3. The van der Waals surface area contributed by atoms with E-state index in [1.54, 1.807) is 5.56 Å². The van der Waals surface area contributed by atoms with Crippen molar-refractivity contribution in [3.8, 4) is 0 Å². The van der Waals surface area contributed by atoms with E-state index >= 15 is 0 Å². The fourth-order valence-electron chi connectivity index (χ4n) is 7.90. The summed E-state index contributed by atoms with van der Waals surface area (Å²) in [5.41, 5.74) is 6.05. The quantitative estimate of drug-likeness (QED) is 0.771. The van der Waals surface area contributed by atoms with Gasteiger partial charge in [0.1, 0.15) is 0 Å². The highest BCUT2D eigenvalue weighted by atomic mass is 16.3. The molecule has 0 amide bonds. The largest absolute Gasteiger partial charge is 0.390 e. The molecular weight excluding hydrogens is 356 g/mol. The lowest BCUT2D eigenvalue weighted by atomic mass is 9.53. The van der Waals surface area contributed by atoms with Crippen LogP contribution in [0.25, 0.3) is 10.9 Å². The summed E-state index contributed by atoms with van der Waals surface area (Å²) < 4.78 is 2.45. The number of aromatic nitrogens is 1. The first kappa shape index (κ1) is 18.4. The summed E-state index contributed by atoms with van der Waals surface area (Å²) in [4.78, 5) is 0. The molecule has 1 aromatic heterocycles. The van der Waals surface area contributed by atoms with Crippen molar-refractivity contribution in [2.24, 2.45) is 17.8 Å². The number of hydrogen-bond donors (Lipinski definition) is 2. The van der Waals surface area contributed by atoms with Crippen LogP contribution in [0.15, 0.2) is 18.2 Å². The van der Waals surface area contributed by atoms with Gasteiger partial charge >= 0.3 is 0 Å². The zero-order valence-corrected chi connectivity index (χ0v) is 17.9. The molecule has 3 heteroatoms. The van der Waals surface area contributed by atoms with E-state index in [2.05, 4.69) is 35.0 Å². The Morgan fingerprint density at radius 3 is 2.48 bits per heavy atom. The zero-order chi connectivity index (χ0) is 19.6. The Morgan fingerprint density at radius 1 is 1.07 bits per heavy atom. The van der Waals surface area contributed by atoms with Gasteiger partial charge in [-0.25, -0.2) is 0 Å². The van der Waals surface area contributed by atoms with Gasteiger partial charge in [0.05, 0.1) is 12.6 Å². The van der Waals surface area contributed by atoms with Crippen LogP contribution in [0.1, 0.15) is 68.2 Å². The van der Waals surface area contributed by atoms with Gasteiger partial charge in [0.2, 0.25) is 0 Å². The molecule has 3 nitrogen and oxygen atoms in total. The molecule has 1 unspecified atom stereocenters. The number of hydrogen-bond acceptors (Lipinski definition) is 2. The molecule has 5 aliphatic carbocycles. The van der Waals surface area contributed by atoms with Crippen molar-refractivity contribution in [2.75, 3.05) is 6.54 Å². The number of rotatable bonds is 5. The highest BCUT2D eigenvalue weighted by molar-refractivity contribution is 5.86. The second kappa shape index (κ2) is 6.85. The molecule has 4 fully saturated rings. The highest BCUT2D eigenvalue weighted by Gasteiger charge is 2.50. The molecule has 0 radical (unpaired) electrons. The fourth-order valence-corrected chi connectivity index (χ4v) is 7.90. The normalized spacial score (nSPS) is 33.9. The number of aryl methyl sites for hydroxylation is 2. The molecule has 1 aromatic carbocycles. The standard InChI is InChI=1S/C26H36N2O/c1-17-6-7-25-23(8-17)22-4-2-3-5-24(22)28(25)16-21(29)15-27-26-12-18-9-19(13-26)11-20(10-18)14-26/h6-8,18-21,27,29H,2-5,9-16H2,1H3. The van der Waals surface area contributed by atoms with E-state index in [-0.39, 0.29) is 6.10 Å². The van der Waals surface area contributed by atoms with E-state index in [1.807, 2.05) is 0 Å². The molecule has 7 rings (SSSR count). The Hall–Kier alpha value is -1.32. The zero-order valence-electron chi connectivity index (χ0n) is 17.9. The molecule has 0 spiro atoms. The number of nitrogens with one attached hydrogen (secondary N) is 1. The van der Waals surface area contributed by atoms with Crippen LogP contribution in [0.3, 0.4) is 0 Å². The van der Waals surface area contributed by atoms with Crippen molar-refractivity contribution >= 4 is 10.9 Å². The summed E-state index contributed by atoms with van der Waals surface area (Å²) in [6.45, 7) is 3.66. The van der Waals surface area contributed by atoms with E-state index < -0.39 is 0 Å². The van der Waals surface area contributed by atoms with E-state index in [9.17, 15) is 5.11 Å². The van der Waals surface area contributed by atoms with Crippen molar-refractivity contribution in [2.45, 2.75) is 89.3 Å². The number of β-amino-alcohol motifs (C(OH)–C–C–N with tert-alkyl or cyclic N) is 1. The van der Waals surface area contributed by atoms with Gasteiger partial charge in [-0.1, -0.05) is 11.6 Å². The average molecular weight is 393 g/mol. The minimum atomic E-state index is -0.314. The lowest BCUT2D eigenvalue weighted by Gasteiger charge is -2.57. The summed E-state index contributed by atoms with van der Waals surface area (Å²) in [6.07, 6.45) is 13.1. The molecule has 2 aromatic rings. The smallest absolute Gasteiger partial charge is 0.0843 e. The van der Waals surface area contributed by atoms with Gasteiger partial charge in [-0.2, -0.15) is 0 Å². The Bertz CT molecular complexity index is 891. The highest BCUT2D eigenvalue weighted by Crippen LogP contribution is 2.55. The first-order chi connectivity index (χ1) is 14.1. The van der Waals surface area contributed by atoms with Crippen molar-refractivity contribution < 1.29 is 5.11 Å². The summed E-state index contributed by atoms with van der Waals surface area (Å²) in [6, 6.07) is 6.86. The Labute approximate surface area is 174 Å². The molecular formula is C26H36N2O. The molecule has 4 bridgehead atoms. The van der Waals surface area contributed by atoms with Crippen molar-refractivity contribution in [1.82, 2.24) is 9.88 Å². The average Bonchev–Trinajstić information content (AvgIpc) is 2.99. The predicted octanol–water partition coefficient (Wildman–Crippen LogP) is 4.75. The molecule has 156 valence electrons. The number of nitrogens with zero attached hydrogens (tertiary/aromatic N) is 1. The summed E-state index contributed by atoms with van der Waals surface area (Å²) in [7, 11) is 0. The van der Waals surface area contributed by atoms with Gasteiger partial charge in [0, 0.05) is 28.7 Å². The minimum absolute atomic E-state index is 0.314. The molecule has 1 atom stereocenters. The monoisotopic (exact) mass is 392 g/mol. The van der Waals surface area contributed by atoms with Crippen LogP contribution >= 0.6 is 0 Å². The molecule has 29 heavy (non-hydrogen) atoms. The van der Waals surface area contributed by atoms with Crippen LogP contribution in [0.2, 0.25) is 0 Å². The minimum Gasteiger partial charge on any atom is -0.390 e. The van der Waals surface area contributed by atoms with Crippen LogP contribution in [0.5, 0.6) is 0 Å². The predicted molar refractivity (Wildman–Crippen MR) is 118 cm³/mol. The van der Waals surface area contributed by atoms with Crippen LogP contribution in [0, 0.1) is 24.7 Å². The van der Waals surface area contributed by atoms with Crippen molar-refractivity contribution in [3.63, 3.8) is 0 Å². The number of aliphatic hydroxyl groups is 1. The van der Waals surface area contributed by atoms with E-state index in [0.717, 1.165) is 37.3 Å². The third-order valence-electron chi connectivity index (χ3n) is 8.68. The maximum absolute atomic E-state index is 11.1. The maximum Gasteiger partial charge on any atom is 0.0843 e. The molecule has 0 saturated heterocycles. The van der Waals surface area contributed by atoms with Crippen molar-refractivity contribution in [1.29, 1.82) is 0 Å². The molecule has 4 saturated carbocycles. The van der Waals surface area contributed by atoms with Gasteiger partial charge in [-0.05, 0) is 107 Å². The first-order valence-corrected chi connectivity index (χ1v) is 12.1. The number of benzene rings is 1. The molecule has 2 N–H and O–H groups in total. The van der Waals surface area contributed by atoms with Gasteiger partial charge in [-0.3, -0.25) is 0 Å². The van der Waals surface area contributed by atoms with Crippen molar-refractivity contribution in [3.05, 3.63) is 35.0 Å². The SMILES string of the molecule is Cc1ccc2c(c1)c1c(n2CC(O)CNC23CC4CC(CC(C4)C2)C3)CCCC1. The second-order valence-corrected chi connectivity index (χ2v) is 11.0. The summed E-state index contributed by atoms with van der Waals surface area (Å²) in [5.74, 6) is 2.86. The maximum atomic E-state index is 11.1. The third-order valence-corrected chi connectivity index (χ3v) is 8.68. The van der Waals surface area contributed by atoms with Gasteiger partial charge in [0.25, 0.3) is 0 Å². The Morgan fingerprint density at radius 2 is 1.76 bits per heavy atom. The van der Waals surface area contributed by atoms with E-state index in [4.69, 9.17) is 0 Å². The fraction of sp³-hybridized carbons (Fsp3) is 0.692. The van der Waals surface area contributed by atoms with Gasteiger partial charge in [0.15, 0.2) is 0 Å². The molecule has 1 heterocycles. The van der Waals surface area contributed by atoms with Gasteiger partial charge in [-0.15, -0.1) is 0 Å². The van der Waals surface area contributed by atoms with Crippen LogP contribution in [0.4, 0.5) is 0 Å². The van der Waals surface area contributed by atoms with Crippen LogP contribution in [-0.2, 0) is 19.4 Å². The van der Waals surface area contributed by atoms with Crippen LogP contribution in [-0.4, -0.2) is 27.9 Å². The number of aliphatic hydroxyl groups excluding tert-OH is 1. The lowest BCUT2D eigenvalue weighted by molar-refractivity contribution is -0.0253. The first-order valence-electron chi connectivity index (χ1n) is 12.1. The lowest BCUT2D eigenvalue weighted by Crippen LogP contribution is -2.59. The third kappa shape index (κ3) is 3.16. The topological polar surface area (TPSA) is 37.2 Å². The van der Waals surface area contributed by atoms with E-state index in [1.165, 1.54) is 79.9 Å². The summed E-state index contributed by atoms with van der Waals surface area (Å²) in [5, 5.41) is 16.4. The van der Waals surface area contributed by atoms with Crippen LogP contribution < -0.4 is 5.32 Å². The second-order valence-electron chi connectivity index (χ2n) is 11.0. The molecule has 5 aliphatic rings. The molecule has 0 aliphatic heterocycles. The van der Waals surface area contributed by atoms with E-state index in [0.29, 0.717) is 5.54 Å². The van der Waals surface area contributed by atoms with Gasteiger partial charge < -0.3 is 15.0 Å². The summed E-state index contributed by atoms with van der Waals surface area (Å²) >= 11 is 0. The Kier molecular flexibility index (Phi) is 4.36.